The zero-order valence-corrected chi connectivity index (χ0v) is 13.0. The van der Waals surface area contributed by atoms with Crippen LogP contribution in [0.3, 0.4) is 0 Å². The molecule has 0 aromatic heterocycles. The molecule has 1 aliphatic heterocycles. The van der Waals surface area contributed by atoms with Crippen molar-refractivity contribution in [2.45, 2.75) is 38.8 Å². The Hall–Kier alpha value is -1.62. The van der Waals surface area contributed by atoms with E-state index in [1.807, 2.05) is 0 Å². The fourth-order valence-corrected chi connectivity index (χ4v) is 2.87. The zero-order chi connectivity index (χ0) is 15.6. The molecule has 0 bridgehead atoms. The predicted molar refractivity (Wildman–Crippen MR) is 82.6 cm³/mol. The van der Waals surface area contributed by atoms with Gasteiger partial charge in [0.15, 0.2) is 0 Å². The van der Waals surface area contributed by atoms with E-state index in [4.69, 9.17) is 5.73 Å². The van der Waals surface area contributed by atoms with Gasteiger partial charge in [0, 0.05) is 32.2 Å². The van der Waals surface area contributed by atoms with E-state index in [0.29, 0.717) is 6.04 Å². The number of carbonyl (C=O) groups is 1. The lowest BCUT2D eigenvalue weighted by molar-refractivity contribution is 0.0616. The normalized spacial score (nSPS) is 17.2. The van der Waals surface area contributed by atoms with Gasteiger partial charge < -0.3 is 15.5 Å². The van der Waals surface area contributed by atoms with Crippen molar-refractivity contribution in [2.24, 2.45) is 0 Å². The largest absolute Gasteiger partial charge is 0.396 e. The molecule has 1 amide bonds. The highest BCUT2D eigenvalue weighted by atomic mass is 19.1. The Balaban J connectivity index is 2.05. The molecule has 0 saturated carbocycles. The van der Waals surface area contributed by atoms with Crippen LogP contribution in [-0.2, 0) is 0 Å². The number of hydrogen-bond donors (Lipinski definition) is 1. The quantitative estimate of drug-likeness (QED) is 0.870. The van der Waals surface area contributed by atoms with Crippen LogP contribution in [0.5, 0.6) is 0 Å². The molecule has 1 saturated heterocycles. The summed E-state index contributed by atoms with van der Waals surface area (Å²) in [7, 11) is 1.78. The third-order valence-electron chi connectivity index (χ3n) is 4.38. The second-order valence-corrected chi connectivity index (χ2v) is 5.98. The molecule has 1 heterocycles. The molecule has 116 valence electrons. The number of likely N-dealkylation sites (tertiary alicyclic amines) is 1. The SMILES string of the molecule is CC(C)N1CCC(N(C)C(=O)c2cccc(F)c2N)CC1. The Kier molecular flexibility index (Phi) is 4.83. The third-order valence-corrected chi connectivity index (χ3v) is 4.38. The fraction of sp³-hybridized carbons (Fsp3) is 0.562. The molecule has 1 aromatic rings. The van der Waals surface area contributed by atoms with Crippen LogP contribution in [0.4, 0.5) is 10.1 Å². The number of carbonyl (C=O) groups excluding carboxylic acids is 1. The number of piperidine rings is 1. The van der Waals surface area contributed by atoms with E-state index in [0.717, 1.165) is 25.9 Å². The van der Waals surface area contributed by atoms with Gasteiger partial charge >= 0.3 is 0 Å². The van der Waals surface area contributed by atoms with E-state index in [-0.39, 0.29) is 23.2 Å². The van der Waals surface area contributed by atoms with Crippen molar-refractivity contribution >= 4 is 11.6 Å². The summed E-state index contributed by atoms with van der Waals surface area (Å²) in [6, 6.07) is 5.10. The van der Waals surface area contributed by atoms with Crippen LogP contribution < -0.4 is 5.73 Å². The second-order valence-electron chi connectivity index (χ2n) is 5.98. The van der Waals surface area contributed by atoms with Gasteiger partial charge in [-0.05, 0) is 38.8 Å². The molecule has 1 fully saturated rings. The molecule has 0 aliphatic carbocycles. The lowest BCUT2D eigenvalue weighted by atomic mass is 10.0. The molecule has 2 rings (SSSR count). The lowest BCUT2D eigenvalue weighted by Gasteiger charge is -2.38. The number of halogens is 1. The van der Waals surface area contributed by atoms with E-state index in [9.17, 15) is 9.18 Å². The Bertz CT molecular complexity index is 510. The summed E-state index contributed by atoms with van der Waals surface area (Å²) < 4.78 is 13.5. The van der Waals surface area contributed by atoms with Crippen molar-refractivity contribution in [1.29, 1.82) is 0 Å². The molecular formula is C16H24FN3O. The predicted octanol–water partition coefficient (Wildman–Crippen LogP) is 2.35. The number of anilines is 1. The molecule has 4 nitrogen and oxygen atoms in total. The van der Waals surface area contributed by atoms with Crippen molar-refractivity contribution in [2.75, 3.05) is 25.9 Å². The van der Waals surface area contributed by atoms with Crippen LogP contribution in [-0.4, -0.2) is 47.9 Å². The standard InChI is InChI=1S/C16H24FN3O/c1-11(2)20-9-7-12(8-10-20)19(3)16(21)13-5-4-6-14(17)15(13)18/h4-6,11-12H,7-10,18H2,1-3H3. The average Bonchev–Trinajstić information content (AvgIpc) is 2.48. The lowest BCUT2D eigenvalue weighted by Crippen LogP contribution is -2.47. The van der Waals surface area contributed by atoms with E-state index >= 15 is 0 Å². The Morgan fingerprint density at radius 1 is 1.38 bits per heavy atom. The number of para-hydroxylation sites is 1. The number of hydrogen-bond acceptors (Lipinski definition) is 3. The zero-order valence-electron chi connectivity index (χ0n) is 13.0. The van der Waals surface area contributed by atoms with Gasteiger partial charge in [-0.15, -0.1) is 0 Å². The van der Waals surface area contributed by atoms with Crippen LogP contribution >= 0.6 is 0 Å². The van der Waals surface area contributed by atoms with Crippen LogP contribution in [0.25, 0.3) is 0 Å². The number of nitrogen functional groups attached to an aromatic ring is 1. The summed E-state index contributed by atoms with van der Waals surface area (Å²) in [5.41, 5.74) is 5.87. The minimum Gasteiger partial charge on any atom is -0.396 e. The number of nitrogens with zero attached hydrogens (tertiary/aromatic N) is 2. The van der Waals surface area contributed by atoms with E-state index in [2.05, 4.69) is 18.7 Å². The Labute approximate surface area is 125 Å². The van der Waals surface area contributed by atoms with Crippen LogP contribution in [0.15, 0.2) is 18.2 Å². The van der Waals surface area contributed by atoms with Crippen molar-refractivity contribution in [3.63, 3.8) is 0 Å². The maximum absolute atomic E-state index is 13.5. The fourth-order valence-electron chi connectivity index (χ4n) is 2.87. The summed E-state index contributed by atoms with van der Waals surface area (Å²) in [5.74, 6) is -0.737. The number of rotatable bonds is 3. The molecule has 2 N–H and O–H groups in total. The minimum absolute atomic E-state index is 0.0611. The van der Waals surface area contributed by atoms with E-state index < -0.39 is 5.82 Å². The first-order valence-corrected chi connectivity index (χ1v) is 7.47. The molecule has 21 heavy (non-hydrogen) atoms. The van der Waals surface area contributed by atoms with Gasteiger partial charge in [0.1, 0.15) is 5.82 Å². The molecule has 0 spiro atoms. The van der Waals surface area contributed by atoms with Crippen LogP contribution in [0.1, 0.15) is 37.0 Å². The summed E-state index contributed by atoms with van der Waals surface area (Å²) >= 11 is 0. The van der Waals surface area contributed by atoms with Gasteiger partial charge in [-0.25, -0.2) is 4.39 Å². The number of nitrogens with two attached hydrogens (primary N) is 1. The first-order valence-electron chi connectivity index (χ1n) is 7.47. The van der Waals surface area contributed by atoms with Gasteiger partial charge in [-0.1, -0.05) is 6.07 Å². The van der Waals surface area contributed by atoms with Gasteiger partial charge in [0.05, 0.1) is 11.3 Å². The maximum atomic E-state index is 13.5. The summed E-state index contributed by atoms with van der Waals surface area (Å²) in [4.78, 5) is 16.6. The Morgan fingerprint density at radius 3 is 2.57 bits per heavy atom. The summed E-state index contributed by atoms with van der Waals surface area (Å²) in [6.07, 6.45) is 1.88. The molecule has 1 aliphatic rings. The smallest absolute Gasteiger partial charge is 0.256 e. The van der Waals surface area contributed by atoms with Crippen LogP contribution in [0.2, 0.25) is 0 Å². The first-order chi connectivity index (χ1) is 9.91. The molecule has 5 heteroatoms. The maximum Gasteiger partial charge on any atom is 0.256 e. The second kappa shape index (κ2) is 6.43. The van der Waals surface area contributed by atoms with Crippen molar-refractivity contribution in [3.8, 4) is 0 Å². The summed E-state index contributed by atoms with van der Waals surface area (Å²) in [5, 5.41) is 0. The average molecular weight is 293 g/mol. The monoisotopic (exact) mass is 293 g/mol. The number of benzene rings is 1. The molecule has 0 atom stereocenters. The van der Waals surface area contributed by atoms with Crippen molar-refractivity contribution < 1.29 is 9.18 Å². The molecule has 0 radical (unpaired) electrons. The highest BCUT2D eigenvalue weighted by Gasteiger charge is 2.27. The van der Waals surface area contributed by atoms with E-state index in [1.54, 1.807) is 18.0 Å². The third kappa shape index (κ3) is 3.35. The van der Waals surface area contributed by atoms with Gasteiger partial charge in [0.2, 0.25) is 0 Å². The van der Waals surface area contributed by atoms with Gasteiger partial charge in [0.25, 0.3) is 5.91 Å². The Morgan fingerprint density at radius 2 is 2.00 bits per heavy atom. The van der Waals surface area contributed by atoms with Crippen molar-refractivity contribution in [1.82, 2.24) is 9.80 Å². The molecule has 0 unspecified atom stereocenters. The topological polar surface area (TPSA) is 49.6 Å². The minimum atomic E-state index is -0.538. The highest BCUT2D eigenvalue weighted by Crippen LogP contribution is 2.22. The number of amides is 1. The molecular weight excluding hydrogens is 269 g/mol. The summed E-state index contributed by atoms with van der Waals surface area (Å²) in [6.45, 7) is 6.34. The van der Waals surface area contributed by atoms with E-state index in [1.165, 1.54) is 12.1 Å². The highest BCUT2D eigenvalue weighted by molar-refractivity contribution is 5.99. The van der Waals surface area contributed by atoms with Crippen molar-refractivity contribution in [3.05, 3.63) is 29.6 Å². The van der Waals surface area contributed by atoms with Gasteiger partial charge in [-0.3, -0.25) is 4.79 Å². The molecule has 1 aromatic carbocycles. The van der Waals surface area contributed by atoms with Gasteiger partial charge in [-0.2, -0.15) is 0 Å². The first kappa shape index (κ1) is 15.8. The van der Waals surface area contributed by atoms with Crippen LogP contribution in [0, 0.1) is 5.82 Å².